The minimum absolute atomic E-state index is 0.162. The van der Waals surface area contributed by atoms with Gasteiger partial charge in [-0.05, 0) is 37.6 Å². The maximum Gasteiger partial charge on any atom is 0.157 e. The molecule has 0 aliphatic carbocycles. The van der Waals surface area contributed by atoms with Gasteiger partial charge in [-0.1, -0.05) is 18.2 Å². The van der Waals surface area contributed by atoms with Crippen LogP contribution in [0, 0.1) is 12.7 Å². The summed E-state index contributed by atoms with van der Waals surface area (Å²) in [5.74, 6) is 0.586. The Bertz CT molecular complexity index is 750. The number of aromatic nitrogens is 3. The summed E-state index contributed by atoms with van der Waals surface area (Å²) >= 11 is 0. The molecule has 1 N–H and O–H groups in total. The van der Waals surface area contributed by atoms with Crippen molar-refractivity contribution in [1.82, 2.24) is 14.6 Å². The Morgan fingerprint density at radius 1 is 1.25 bits per heavy atom. The molecule has 0 aliphatic rings. The summed E-state index contributed by atoms with van der Waals surface area (Å²) in [6.45, 7) is 3.91. The van der Waals surface area contributed by atoms with E-state index in [2.05, 4.69) is 15.4 Å². The molecule has 1 unspecified atom stereocenters. The van der Waals surface area contributed by atoms with Crippen LogP contribution in [-0.4, -0.2) is 14.6 Å². The average molecular weight is 270 g/mol. The lowest BCUT2D eigenvalue weighted by Crippen LogP contribution is -2.12. The van der Waals surface area contributed by atoms with Crippen LogP contribution in [0.2, 0.25) is 0 Å². The molecule has 0 spiro atoms. The van der Waals surface area contributed by atoms with E-state index in [1.54, 1.807) is 16.6 Å². The van der Waals surface area contributed by atoms with E-state index in [1.807, 2.05) is 32.0 Å². The second-order valence-electron chi connectivity index (χ2n) is 4.84. The molecule has 3 aromatic rings. The van der Waals surface area contributed by atoms with Gasteiger partial charge in [-0.15, -0.1) is 0 Å². The van der Waals surface area contributed by atoms with Gasteiger partial charge in [-0.3, -0.25) is 0 Å². The predicted octanol–water partition coefficient (Wildman–Crippen LogP) is 3.35. The highest BCUT2D eigenvalue weighted by Gasteiger charge is 2.12. The lowest BCUT2D eigenvalue weighted by molar-refractivity contribution is 0.599. The summed E-state index contributed by atoms with van der Waals surface area (Å²) in [6.07, 6.45) is 1.51. The maximum atomic E-state index is 13.8. The fourth-order valence-electron chi connectivity index (χ4n) is 2.29. The fraction of sp³-hybridized carbons (Fsp3) is 0.200. The van der Waals surface area contributed by atoms with Crippen molar-refractivity contribution in [3.8, 4) is 0 Å². The van der Waals surface area contributed by atoms with Crippen molar-refractivity contribution >= 4 is 11.5 Å². The zero-order valence-electron chi connectivity index (χ0n) is 11.3. The first-order chi connectivity index (χ1) is 9.65. The third-order valence-electron chi connectivity index (χ3n) is 3.26. The highest BCUT2D eigenvalue weighted by atomic mass is 19.1. The Morgan fingerprint density at radius 2 is 2.05 bits per heavy atom. The molecule has 0 fully saturated rings. The second-order valence-corrected chi connectivity index (χ2v) is 4.84. The number of rotatable bonds is 3. The van der Waals surface area contributed by atoms with Crippen LogP contribution in [-0.2, 0) is 0 Å². The first-order valence-electron chi connectivity index (χ1n) is 6.46. The molecule has 2 heterocycles. The third-order valence-corrected chi connectivity index (χ3v) is 3.26. The molecular formula is C15H15FN4. The normalized spacial score (nSPS) is 12.6. The summed E-state index contributed by atoms with van der Waals surface area (Å²) in [5.41, 5.74) is 2.48. The monoisotopic (exact) mass is 270 g/mol. The van der Waals surface area contributed by atoms with E-state index in [9.17, 15) is 4.39 Å². The van der Waals surface area contributed by atoms with Gasteiger partial charge in [0.1, 0.15) is 18.0 Å². The van der Waals surface area contributed by atoms with Crippen LogP contribution in [0.1, 0.15) is 24.1 Å². The standard InChI is InChI=1S/C15H15FN4/c1-10-7-14-17-9-18-20(14)15(8-10)19-11(2)12-5-3-4-6-13(12)16/h3-9,11,19H,1-2H3. The van der Waals surface area contributed by atoms with E-state index in [1.165, 1.54) is 12.4 Å². The van der Waals surface area contributed by atoms with E-state index in [0.29, 0.717) is 5.56 Å². The molecule has 0 amide bonds. The highest BCUT2D eigenvalue weighted by molar-refractivity contribution is 5.52. The Hall–Kier alpha value is -2.43. The van der Waals surface area contributed by atoms with Crippen molar-refractivity contribution in [3.05, 3.63) is 59.7 Å². The highest BCUT2D eigenvalue weighted by Crippen LogP contribution is 2.22. The number of hydrogen-bond donors (Lipinski definition) is 1. The molecule has 0 saturated carbocycles. The van der Waals surface area contributed by atoms with Gasteiger partial charge in [0.2, 0.25) is 0 Å². The minimum atomic E-state index is -0.213. The van der Waals surface area contributed by atoms with E-state index >= 15 is 0 Å². The van der Waals surface area contributed by atoms with Crippen molar-refractivity contribution in [1.29, 1.82) is 0 Å². The van der Waals surface area contributed by atoms with E-state index in [0.717, 1.165) is 17.0 Å². The molecule has 3 rings (SSSR count). The molecule has 5 heteroatoms. The maximum absolute atomic E-state index is 13.8. The number of fused-ring (bicyclic) bond motifs is 1. The number of nitrogens with one attached hydrogen (secondary N) is 1. The molecule has 4 nitrogen and oxygen atoms in total. The molecular weight excluding hydrogens is 255 g/mol. The zero-order valence-corrected chi connectivity index (χ0v) is 11.3. The molecule has 2 aromatic heterocycles. The fourth-order valence-corrected chi connectivity index (χ4v) is 2.29. The lowest BCUT2D eigenvalue weighted by atomic mass is 10.1. The first kappa shape index (κ1) is 12.6. The summed E-state index contributed by atoms with van der Waals surface area (Å²) < 4.78 is 15.5. The number of aryl methyl sites for hydroxylation is 1. The van der Waals surface area contributed by atoms with Crippen molar-refractivity contribution < 1.29 is 4.39 Å². The van der Waals surface area contributed by atoms with Gasteiger partial charge >= 0.3 is 0 Å². The Kier molecular flexibility index (Phi) is 3.10. The van der Waals surface area contributed by atoms with Gasteiger partial charge in [0.05, 0.1) is 6.04 Å². The van der Waals surface area contributed by atoms with Crippen LogP contribution >= 0.6 is 0 Å². The van der Waals surface area contributed by atoms with Gasteiger partial charge in [0.25, 0.3) is 0 Å². The largest absolute Gasteiger partial charge is 0.363 e. The summed E-state index contributed by atoms with van der Waals surface area (Å²) in [4.78, 5) is 4.18. The van der Waals surface area contributed by atoms with E-state index in [-0.39, 0.29) is 11.9 Å². The Balaban J connectivity index is 1.97. The number of halogens is 1. The van der Waals surface area contributed by atoms with Crippen LogP contribution in [0.3, 0.4) is 0 Å². The lowest BCUT2D eigenvalue weighted by Gasteiger charge is -2.17. The van der Waals surface area contributed by atoms with E-state index in [4.69, 9.17) is 0 Å². The quantitative estimate of drug-likeness (QED) is 0.793. The number of pyridine rings is 1. The smallest absolute Gasteiger partial charge is 0.157 e. The second kappa shape index (κ2) is 4.92. The molecule has 0 bridgehead atoms. The van der Waals surface area contributed by atoms with Gasteiger partial charge in [0, 0.05) is 5.56 Å². The first-order valence-corrected chi connectivity index (χ1v) is 6.46. The van der Waals surface area contributed by atoms with Crippen molar-refractivity contribution in [2.24, 2.45) is 0 Å². The van der Waals surface area contributed by atoms with Gasteiger partial charge in [0.15, 0.2) is 5.65 Å². The number of benzene rings is 1. The van der Waals surface area contributed by atoms with Crippen molar-refractivity contribution in [3.63, 3.8) is 0 Å². The Morgan fingerprint density at radius 3 is 2.85 bits per heavy atom. The van der Waals surface area contributed by atoms with Crippen molar-refractivity contribution in [2.45, 2.75) is 19.9 Å². The molecule has 20 heavy (non-hydrogen) atoms. The van der Waals surface area contributed by atoms with Crippen LogP contribution in [0.5, 0.6) is 0 Å². The molecule has 102 valence electrons. The zero-order chi connectivity index (χ0) is 14.1. The predicted molar refractivity (Wildman–Crippen MR) is 76.2 cm³/mol. The van der Waals surface area contributed by atoms with Crippen LogP contribution in [0.15, 0.2) is 42.7 Å². The van der Waals surface area contributed by atoms with E-state index < -0.39 is 0 Å². The SMILES string of the molecule is Cc1cc(NC(C)c2ccccc2F)n2ncnc2c1. The van der Waals surface area contributed by atoms with Crippen LogP contribution in [0.25, 0.3) is 5.65 Å². The van der Waals surface area contributed by atoms with Crippen molar-refractivity contribution in [2.75, 3.05) is 5.32 Å². The molecule has 1 aromatic carbocycles. The average Bonchev–Trinajstić information content (AvgIpc) is 2.87. The molecule has 0 radical (unpaired) electrons. The number of anilines is 1. The Labute approximate surface area is 116 Å². The number of hydrogen-bond acceptors (Lipinski definition) is 3. The molecule has 1 atom stereocenters. The summed E-state index contributed by atoms with van der Waals surface area (Å²) in [6, 6.07) is 10.5. The van der Waals surface area contributed by atoms with Gasteiger partial charge in [-0.25, -0.2) is 9.37 Å². The topological polar surface area (TPSA) is 42.2 Å². The van der Waals surface area contributed by atoms with Crippen LogP contribution < -0.4 is 5.32 Å². The summed E-state index contributed by atoms with van der Waals surface area (Å²) in [5, 5.41) is 7.47. The van der Waals surface area contributed by atoms with Gasteiger partial charge in [-0.2, -0.15) is 9.61 Å². The molecule has 0 aliphatic heterocycles. The third kappa shape index (κ3) is 2.22. The number of nitrogens with zero attached hydrogens (tertiary/aromatic N) is 3. The van der Waals surface area contributed by atoms with Crippen LogP contribution in [0.4, 0.5) is 10.2 Å². The molecule has 0 saturated heterocycles. The van der Waals surface area contributed by atoms with Gasteiger partial charge < -0.3 is 5.32 Å². The summed E-state index contributed by atoms with van der Waals surface area (Å²) in [7, 11) is 0. The minimum Gasteiger partial charge on any atom is -0.363 e.